The molecule has 0 saturated heterocycles. The molecule has 0 radical (unpaired) electrons. The van der Waals surface area contributed by atoms with Crippen LogP contribution in [0.25, 0.3) is 5.69 Å². The number of carbonyl (C=O) groups is 2. The molecule has 12 heteroatoms. The van der Waals surface area contributed by atoms with Gasteiger partial charge < -0.3 is 11.1 Å². The van der Waals surface area contributed by atoms with Crippen molar-refractivity contribution < 1.29 is 27.2 Å². The lowest BCUT2D eigenvalue weighted by molar-refractivity contribution is -0.141. The quantitative estimate of drug-likeness (QED) is 0.569. The van der Waals surface area contributed by atoms with E-state index in [1.165, 1.54) is 37.4 Å². The Morgan fingerprint density at radius 3 is 2.45 bits per heavy atom. The van der Waals surface area contributed by atoms with Crippen molar-refractivity contribution in [2.45, 2.75) is 6.18 Å². The molecular formula is C19H14ClF4N5O2. The third kappa shape index (κ3) is 4.77. The van der Waals surface area contributed by atoms with Gasteiger partial charge in [0.15, 0.2) is 5.69 Å². The molecule has 1 aromatic heterocycles. The lowest BCUT2D eigenvalue weighted by atomic mass is 10.2. The third-order valence-corrected chi connectivity index (χ3v) is 4.40. The summed E-state index contributed by atoms with van der Waals surface area (Å²) >= 11 is 5.92. The molecule has 0 aliphatic rings. The van der Waals surface area contributed by atoms with Crippen molar-refractivity contribution in [3.63, 3.8) is 0 Å². The highest BCUT2D eigenvalue weighted by Gasteiger charge is 2.36. The first kappa shape index (κ1) is 22.1. The SMILES string of the molecule is CN(C(=O)Nc1ccc(C(N)=O)c(F)c1)c1cc(C(F)(F)F)nn1-c1cccc(Cl)c1. The van der Waals surface area contributed by atoms with Gasteiger partial charge in [-0.05, 0) is 36.4 Å². The zero-order chi connectivity index (χ0) is 22.9. The van der Waals surface area contributed by atoms with Crippen LogP contribution < -0.4 is 16.0 Å². The highest BCUT2D eigenvalue weighted by atomic mass is 35.5. The van der Waals surface area contributed by atoms with E-state index >= 15 is 0 Å². The summed E-state index contributed by atoms with van der Waals surface area (Å²) in [5, 5.41) is 6.13. The first-order valence-corrected chi connectivity index (χ1v) is 8.92. The number of carbonyl (C=O) groups excluding carboxylic acids is 2. The van der Waals surface area contributed by atoms with Gasteiger partial charge in [-0.2, -0.15) is 18.3 Å². The van der Waals surface area contributed by atoms with Crippen LogP contribution in [-0.2, 0) is 6.18 Å². The van der Waals surface area contributed by atoms with E-state index in [0.29, 0.717) is 6.07 Å². The fourth-order valence-corrected chi connectivity index (χ4v) is 2.84. The number of halogens is 5. The molecule has 0 fully saturated rings. The zero-order valence-electron chi connectivity index (χ0n) is 15.7. The Balaban J connectivity index is 1.95. The van der Waals surface area contributed by atoms with E-state index in [1.54, 1.807) is 0 Å². The normalized spacial score (nSPS) is 11.3. The van der Waals surface area contributed by atoms with Crippen LogP contribution in [0.2, 0.25) is 5.02 Å². The maximum absolute atomic E-state index is 13.9. The molecule has 0 aliphatic carbocycles. The summed E-state index contributed by atoms with van der Waals surface area (Å²) in [4.78, 5) is 24.6. The van der Waals surface area contributed by atoms with Crippen LogP contribution in [0.3, 0.4) is 0 Å². The Labute approximate surface area is 178 Å². The molecule has 1 heterocycles. The Bertz CT molecular complexity index is 1160. The predicted octanol–water partition coefficient (Wildman–Crippen LogP) is 4.45. The van der Waals surface area contributed by atoms with Crippen molar-refractivity contribution >= 4 is 35.0 Å². The Kier molecular flexibility index (Phi) is 5.89. The standard InChI is InChI=1S/C19H14ClF4N5O2/c1-28(18(31)26-11-5-6-13(17(25)30)14(21)8-11)16-9-15(19(22,23)24)27-29(16)12-4-2-3-10(20)7-12/h2-9H,1H3,(H2,25,30)(H,26,31). The Hall–Kier alpha value is -3.60. The van der Waals surface area contributed by atoms with Crippen molar-refractivity contribution in [2.24, 2.45) is 5.73 Å². The number of nitrogens with two attached hydrogens (primary N) is 1. The average Bonchev–Trinajstić information content (AvgIpc) is 3.13. The fourth-order valence-electron chi connectivity index (χ4n) is 2.65. The van der Waals surface area contributed by atoms with E-state index < -0.39 is 29.6 Å². The number of anilines is 2. The number of amides is 3. The largest absolute Gasteiger partial charge is 0.435 e. The van der Waals surface area contributed by atoms with Gasteiger partial charge in [-0.25, -0.2) is 13.9 Å². The minimum atomic E-state index is -4.76. The third-order valence-electron chi connectivity index (χ3n) is 4.17. The average molecular weight is 456 g/mol. The minimum Gasteiger partial charge on any atom is -0.366 e. The summed E-state index contributed by atoms with van der Waals surface area (Å²) in [6.45, 7) is 0. The van der Waals surface area contributed by atoms with Crippen LogP contribution in [0.15, 0.2) is 48.5 Å². The van der Waals surface area contributed by atoms with Gasteiger partial charge in [0.1, 0.15) is 11.6 Å². The Morgan fingerprint density at radius 2 is 1.87 bits per heavy atom. The molecule has 31 heavy (non-hydrogen) atoms. The van der Waals surface area contributed by atoms with E-state index in [-0.39, 0.29) is 27.8 Å². The molecule has 2 aromatic carbocycles. The molecule has 0 bridgehead atoms. The molecule has 0 atom stereocenters. The van der Waals surface area contributed by atoms with Gasteiger partial charge in [0, 0.05) is 23.8 Å². The number of aromatic nitrogens is 2. The lowest BCUT2D eigenvalue weighted by Crippen LogP contribution is -2.32. The molecular weight excluding hydrogens is 442 g/mol. The van der Waals surface area contributed by atoms with E-state index in [0.717, 1.165) is 21.7 Å². The monoisotopic (exact) mass is 455 g/mol. The van der Waals surface area contributed by atoms with Gasteiger partial charge in [-0.3, -0.25) is 9.69 Å². The molecule has 0 aliphatic heterocycles. The summed E-state index contributed by atoms with van der Waals surface area (Å²) in [5.74, 6) is -2.17. The molecule has 162 valence electrons. The van der Waals surface area contributed by atoms with Gasteiger partial charge in [-0.15, -0.1) is 0 Å². The maximum Gasteiger partial charge on any atom is 0.435 e. The first-order valence-electron chi connectivity index (χ1n) is 8.54. The second-order valence-corrected chi connectivity index (χ2v) is 6.76. The smallest absolute Gasteiger partial charge is 0.366 e. The van der Waals surface area contributed by atoms with Gasteiger partial charge in [0.05, 0.1) is 11.3 Å². The fraction of sp³-hybridized carbons (Fsp3) is 0.105. The lowest BCUT2D eigenvalue weighted by Gasteiger charge is -2.19. The zero-order valence-corrected chi connectivity index (χ0v) is 16.5. The number of hydrogen-bond acceptors (Lipinski definition) is 3. The molecule has 3 amide bonds. The van der Waals surface area contributed by atoms with Crippen molar-refractivity contribution in [2.75, 3.05) is 17.3 Å². The number of rotatable bonds is 4. The second-order valence-electron chi connectivity index (χ2n) is 6.33. The van der Waals surface area contributed by atoms with Crippen LogP contribution in [0.4, 0.5) is 33.9 Å². The molecule has 0 spiro atoms. The summed E-state index contributed by atoms with van der Waals surface area (Å²) in [7, 11) is 1.21. The van der Waals surface area contributed by atoms with Crippen molar-refractivity contribution in [1.82, 2.24) is 9.78 Å². The number of benzene rings is 2. The van der Waals surface area contributed by atoms with Gasteiger partial charge in [-0.1, -0.05) is 17.7 Å². The highest BCUT2D eigenvalue weighted by Crippen LogP contribution is 2.33. The van der Waals surface area contributed by atoms with Crippen LogP contribution >= 0.6 is 11.6 Å². The van der Waals surface area contributed by atoms with Gasteiger partial charge in [0.2, 0.25) is 0 Å². The summed E-state index contributed by atoms with van der Waals surface area (Å²) in [6, 6.07) is 8.85. The number of primary amides is 1. The van der Waals surface area contributed by atoms with E-state index in [2.05, 4.69) is 10.4 Å². The molecule has 0 saturated carbocycles. The molecule has 3 N–H and O–H groups in total. The number of urea groups is 1. The number of alkyl halides is 3. The topological polar surface area (TPSA) is 93.2 Å². The number of nitrogens with one attached hydrogen (secondary N) is 1. The van der Waals surface area contributed by atoms with Gasteiger partial charge >= 0.3 is 12.2 Å². The van der Waals surface area contributed by atoms with Crippen molar-refractivity contribution in [1.29, 1.82) is 0 Å². The number of hydrogen-bond donors (Lipinski definition) is 2. The molecule has 0 unspecified atom stereocenters. The minimum absolute atomic E-state index is 0.0378. The summed E-state index contributed by atoms with van der Waals surface area (Å²) in [6.07, 6.45) is -4.76. The van der Waals surface area contributed by atoms with E-state index in [1.807, 2.05) is 0 Å². The van der Waals surface area contributed by atoms with Crippen molar-refractivity contribution in [3.8, 4) is 5.69 Å². The summed E-state index contributed by atoms with van der Waals surface area (Å²) < 4.78 is 54.5. The molecule has 3 aromatic rings. The van der Waals surface area contributed by atoms with Crippen LogP contribution in [0.1, 0.15) is 16.1 Å². The number of nitrogens with zero attached hydrogens (tertiary/aromatic N) is 3. The Morgan fingerprint density at radius 1 is 1.16 bits per heavy atom. The second kappa shape index (κ2) is 8.26. The molecule has 3 rings (SSSR count). The van der Waals surface area contributed by atoms with Crippen LogP contribution in [0.5, 0.6) is 0 Å². The van der Waals surface area contributed by atoms with Crippen LogP contribution in [0, 0.1) is 5.82 Å². The maximum atomic E-state index is 13.9. The van der Waals surface area contributed by atoms with E-state index in [9.17, 15) is 27.2 Å². The molecule has 7 nitrogen and oxygen atoms in total. The van der Waals surface area contributed by atoms with E-state index in [4.69, 9.17) is 17.3 Å². The first-order chi connectivity index (χ1) is 14.5. The summed E-state index contributed by atoms with van der Waals surface area (Å²) in [5.41, 5.74) is 3.58. The van der Waals surface area contributed by atoms with Crippen LogP contribution in [-0.4, -0.2) is 28.8 Å². The van der Waals surface area contributed by atoms with Gasteiger partial charge in [0.25, 0.3) is 5.91 Å². The highest BCUT2D eigenvalue weighted by molar-refractivity contribution is 6.30. The van der Waals surface area contributed by atoms with Crippen molar-refractivity contribution in [3.05, 3.63) is 70.6 Å². The predicted molar refractivity (Wildman–Crippen MR) is 106 cm³/mol.